The summed E-state index contributed by atoms with van der Waals surface area (Å²) in [7, 11) is 1.48. The van der Waals surface area contributed by atoms with Crippen molar-refractivity contribution in [1.29, 1.82) is 0 Å². The maximum absolute atomic E-state index is 12.4. The largest absolute Gasteiger partial charge is 0.469 e. The Bertz CT molecular complexity index is 952. The predicted octanol–water partition coefficient (Wildman–Crippen LogP) is 3.56. The maximum atomic E-state index is 12.4. The van der Waals surface area contributed by atoms with Crippen LogP contribution in [0.3, 0.4) is 0 Å². The number of rotatable bonds is 5. The van der Waals surface area contributed by atoms with Gasteiger partial charge in [-0.3, -0.25) is 9.69 Å². The monoisotopic (exact) mass is 446 g/mol. The smallest absolute Gasteiger partial charge is 0.311 e. The number of thiophene rings is 1. The summed E-state index contributed by atoms with van der Waals surface area (Å²) in [6.07, 6.45) is 2.06. The summed E-state index contributed by atoms with van der Waals surface area (Å²) in [5, 5.41) is 1.17. The lowest BCUT2D eigenvalue weighted by molar-refractivity contribution is -0.154. The molecule has 7 nitrogen and oxygen atoms in total. The van der Waals surface area contributed by atoms with Crippen LogP contribution >= 0.6 is 11.3 Å². The standard InChI is InChI=1S/C23H34N4O3S/c1-15-16(2)31-21-19(15)20(24-18(25-21)14-26-9-11-30-12-10-26)27-8-6-7-17(13-27)23(3,4)22(28)29-5/h17H,6-14H2,1-5H3. The van der Waals surface area contributed by atoms with Gasteiger partial charge in [-0.2, -0.15) is 0 Å². The zero-order chi connectivity index (χ0) is 22.2. The number of morpholine rings is 1. The Morgan fingerprint density at radius 3 is 2.68 bits per heavy atom. The van der Waals surface area contributed by atoms with E-state index < -0.39 is 5.41 Å². The van der Waals surface area contributed by atoms with Crippen molar-refractivity contribution < 1.29 is 14.3 Å². The van der Waals surface area contributed by atoms with Crippen LogP contribution in [0.5, 0.6) is 0 Å². The van der Waals surface area contributed by atoms with Crippen molar-refractivity contribution in [2.24, 2.45) is 11.3 Å². The maximum Gasteiger partial charge on any atom is 0.311 e. The number of hydrogen-bond donors (Lipinski definition) is 0. The number of methoxy groups -OCH3 is 1. The summed E-state index contributed by atoms with van der Waals surface area (Å²) in [5.41, 5.74) is 0.748. The van der Waals surface area contributed by atoms with Crippen LogP contribution in [0.4, 0.5) is 5.82 Å². The second kappa shape index (κ2) is 9.00. The fraction of sp³-hybridized carbons (Fsp3) is 0.696. The second-order valence-electron chi connectivity index (χ2n) is 9.31. The van der Waals surface area contributed by atoms with E-state index in [9.17, 15) is 4.79 Å². The SMILES string of the molecule is COC(=O)C(C)(C)C1CCCN(c2nc(CN3CCOCC3)nc3sc(C)c(C)c23)C1. The Morgan fingerprint density at radius 2 is 1.97 bits per heavy atom. The van der Waals surface area contributed by atoms with Gasteiger partial charge in [-0.15, -0.1) is 11.3 Å². The van der Waals surface area contributed by atoms with E-state index in [1.54, 1.807) is 11.3 Å². The summed E-state index contributed by atoms with van der Waals surface area (Å²) in [4.78, 5) is 29.6. The minimum absolute atomic E-state index is 0.136. The van der Waals surface area contributed by atoms with Crippen molar-refractivity contribution in [3.8, 4) is 0 Å². The number of carbonyl (C=O) groups excluding carboxylic acids is 1. The van der Waals surface area contributed by atoms with Gasteiger partial charge in [0.1, 0.15) is 16.5 Å². The number of piperidine rings is 1. The van der Waals surface area contributed by atoms with E-state index in [1.165, 1.54) is 22.9 Å². The normalized spacial score (nSPS) is 20.9. The fourth-order valence-electron chi connectivity index (χ4n) is 4.72. The van der Waals surface area contributed by atoms with Gasteiger partial charge in [-0.05, 0) is 52.0 Å². The number of hydrogen-bond acceptors (Lipinski definition) is 8. The zero-order valence-electron chi connectivity index (χ0n) is 19.4. The zero-order valence-corrected chi connectivity index (χ0v) is 20.2. The van der Waals surface area contributed by atoms with E-state index in [0.717, 1.165) is 75.3 Å². The highest BCUT2D eigenvalue weighted by Crippen LogP contribution is 2.40. The molecular formula is C23H34N4O3S. The van der Waals surface area contributed by atoms with E-state index in [0.29, 0.717) is 0 Å². The highest BCUT2D eigenvalue weighted by atomic mass is 32.1. The van der Waals surface area contributed by atoms with Crippen LogP contribution < -0.4 is 4.90 Å². The van der Waals surface area contributed by atoms with Crippen molar-refractivity contribution in [3.63, 3.8) is 0 Å². The van der Waals surface area contributed by atoms with Crippen molar-refractivity contribution in [2.75, 3.05) is 51.4 Å². The lowest BCUT2D eigenvalue weighted by Gasteiger charge is -2.40. The molecule has 170 valence electrons. The van der Waals surface area contributed by atoms with Crippen LogP contribution in [0.25, 0.3) is 10.2 Å². The van der Waals surface area contributed by atoms with E-state index in [4.69, 9.17) is 19.4 Å². The molecule has 0 radical (unpaired) electrons. The van der Waals surface area contributed by atoms with Gasteiger partial charge in [0.2, 0.25) is 0 Å². The molecule has 0 N–H and O–H groups in total. The molecule has 2 fully saturated rings. The molecular weight excluding hydrogens is 412 g/mol. The topological polar surface area (TPSA) is 67.8 Å². The third-order valence-electron chi connectivity index (χ3n) is 6.98. The van der Waals surface area contributed by atoms with Crippen LogP contribution in [0.15, 0.2) is 0 Å². The van der Waals surface area contributed by atoms with Crippen LogP contribution in [0.2, 0.25) is 0 Å². The lowest BCUT2D eigenvalue weighted by atomic mass is 9.74. The molecule has 31 heavy (non-hydrogen) atoms. The lowest BCUT2D eigenvalue weighted by Crippen LogP contribution is -2.45. The van der Waals surface area contributed by atoms with Gasteiger partial charge in [-0.25, -0.2) is 9.97 Å². The Hall–Kier alpha value is -1.77. The minimum Gasteiger partial charge on any atom is -0.469 e. The summed E-state index contributed by atoms with van der Waals surface area (Å²) < 4.78 is 10.6. The number of ether oxygens (including phenoxy) is 2. The molecule has 0 aliphatic carbocycles. The summed E-state index contributed by atoms with van der Waals surface area (Å²) >= 11 is 1.75. The quantitative estimate of drug-likeness (QED) is 0.651. The van der Waals surface area contributed by atoms with E-state index in [2.05, 4.69) is 23.6 Å². The molecule has 2 aliphatic rings. The first kappa shape index (κ1) is 22.4. The fourth-order valence-corrected chi connectivity index (χ4v) is 5.76. The van der Waals surface area contributed by atoms with Gasteiger partial charge in [0.25, 0.3) is 0 Å². The highest BCUT2D eigenvalue weighted by molar-refractivity contribution is 7.18. The minimum atomic E-state index is -0.518. The summed E-state index contributed by atoms with van der Waals surface area (Å²) in [6.45, 7) is 14.2. The number of carbonyl (C=O) groups is 1. The molecule has 2 aromatic rings. The van der Waals surface area contributed by atoms with Crippen LogP contribution in [-0.2, 0) is 20.8 Å². The number of anilines is 1. The Labute approximate surface area is 188 Å². The first-order valence-electron chi connectivity index (χ1n) is 11.2. The molecule has 4 rings (SSSR count). The Balaban J connectivity index is 1.68. The van der Waals surface area contributed by atoms with Crippen LogP contribution in [0.1, 0.15) is 43.0 Å². The number of fused-ring (bicyclic) bond motifs is 1. The molecule has 2 aromatic heterocycles. The third-order valence-corrected chi connectivity index (χ3v) is 8.08. The molecule has 0 aromatic carbocycles. The van der Waals surface area contributed by atoms with Gasteiger partial charge in [-0.1, -0.05) is 0 Å². The molecule has 0 bridgehead atoms. The summed E-state index contributed by atoms with van der Waals surface area (Å²) in [6, 6.07) is 0. The number of esters is 1. The van der Waals surface area contributed by atoms with Gasteiger partial charge in [0.05, 0.1) is 37.7 Å². The first-order valence-corrected chi connectivity index (χ1v) is 12.0. The van der Waals surface area contributed by atoms with Gasteiger partial charge in [0.15, 0.2) is 0 Å². The number of nitrogens with zero attached hydrogens (tertiary/aromatic N) is 4. The molecule has 2 saturated heterocycles. The first-order chi connectivity index (χ1) is 14.8. The van der Waals surface area contributed by atoms with Crippen LogP contribution in [0, 0.1) is 25.2 Å². The predicted molar refractivity (Wildman–Crippen MR) is 124 cm³/mol. The Morgan fingerprint density at radius 1 is 1.23 bits per heavy atom. The van der Waals surface area contributed by atoms with E-state index >= 15 is 0 Å². The van der Waals surface area contributed by atoms with Crippen LogP contribution in [-0.4, -0.2) is 67.3 Å². The highest BCUT2D eigenvalue weighted by Gasteiger charge is 2.40. The average molecular weight is 447 g/mol. The van der Waals surface area contributed by atoms with Crippen molar-refractivity contribution >= 4 is 33.3 Å². The molecule has 0 saturated carbocycles. The molecule has 2 aliphatic heterocycles. The number of aryl methyl sites for hydroxylation is 2. The average Bonchev–Trinajstić information content (AvgIpc) is 3.06. The molecule has 1 atom stereocenters. The van der Waals surface area contributed by atoms with E-state index in [-0.39, 0.29) is 11.9 Å². The van der Waals surface area contributed by atoms with Gasteiger partial charge in [0, 0.05) is 31.1 Å². The second-order valence-corrected chi connectivity index (χ2v) is 10.5. The molecule has 0 amide bonds. The van der Waals surface area contributed by atoms with Crippen molar-refractivity contribution in [1.82, 2.24) is 14.9 Å². The van der Waals surface area contributed by atoms with Gasteiger partial charge < -0.3 is 14.4 Å². The van der Waals surface area contributed by atoms with Crippen molar-refractivity contribution in [3.05, 3.63) is 16.3 Å². The van der Waals surface area contributed by atoms with Gasteiger partial charge >= 0.3 is 5.97 Å². The number of aromatic nitrogens is 2. The third kappa shape index (κ3) is 4.43. The molecule has 1 unspecified atom stereocenters. The Kier molecular flexibility index (Phi) is 6.51. The van der Waals surface area contributed by atoms with Crippen molar-refractivity contribution in [2.45, 2.75) is 47.1 Å². The van der Waals surface area contributed by atoms with E-state index in [1.807, 2.05) is 13.8 Å². The molecule has 0 spiro atoms. The molecule has 8 heteroatoms. The molecule has 4 heterocycles. The summed E-state index contributed by atoms with van der Waals surface area (Å²) in [5.74, 6) is 1.99.